The lowest BCUT2D eigenvalue weighted by molar-refractivity contribution is -0.132. The van der Waals surface area contributed by atoms with Gasteiger partial charge in [0.1, 0.15) is 11.5 Å². The van der Waals surface area contributed by atoms with Gasteiger partial charge in [-0.1, -0.05) is 6.92 Å². The summed E-state index contributed by atoms with van der Waals surface area (Å²) in [7, 11) is 0. The van der Waals surface area contributed by atoms with E-state index in [-0.39, 0.29) is 5.91 Å². The van der Waals surface area contributed by atoms with Crippen LogP contribution in [0.25, 0.3) is 0 Å². The van der Waals surface area contributed by atoms with E-state index in [0.29, 0.717) is 24.7 Å². The molecule has 24 heavy (non-hydrogen) atoms. The number of aryl methyl sites for hydroxylation is 1. The summed E-state index contributed by atoms with van der Waals surface area (Å²) in [6.45, 7) is 3.95. The monoisotopic (exact) mass is 344 g/mol. The standard InChI is InChI=1S/C19H24N2O2S/c1-13-11-16(13)17-6-4-15(23-17)5-7-18(22)21-9-2-3-14(12-21)19-20-8-10-24-19/h4,6,8,10,13-14,16H,2-3,5,7,9,11-12H2,1H3/t13-,14-,16-/m1/s1. The van der Waals surface area contributed by atoms with E-state index in [2.05, 4.69) is 18.0 Å². The first kappa shape index (κ1) is 15.9. The van der Waals surface area contributed by atoms with Gasteiger partial charge in [-0.2, -0.15) is 0 Å². The van der Waals surface area contributed by atoms with Crippen LogP contribution in [0.4, 0.5) is 0 Å². The molecule has 1 saturated carbocycles. The fourth-order valence-corrected chi connectivity index (χ4v) is 4.44. The van der Waals surface area contributed by atoms with Crippen molar-refractivity contribution in [1.82, 2.24) is 9.88 Å². The Morgan fingerprint density at radius 3 is 3.08 bits per heavy atom. The second-order valence-corrected chi connectivity index (χ2v) is 8.10. The summed E-state index contributed by atoms with van der Waals surface area (Å²) in [5.74, 6) is 4.07. The van der Waals surface area contributed by atoms with Gasteiger partial charge in [-0.25, -0.2) is 4.98 Å². The topological polar surface area (TPSA) is 46.3 Å². The van der Waals surface area contributed by atoms with Crippen LogP contribution in [0, 0.1) is 5.92 Å². The summed E-state index contributed by atoms with van der Waals surface area (Å²) in [5, 5.41) is 3.19. The molecule has 1 aliphatic carbocycles. The summed E-state index contributed by atoms with van der Waals surface area (Å²) in [5.41, 5.74) is 0. The molecule has 0 N–H and O–H groups in total. The first-order valence-electron chi connectivity index (χ1n) is 8.96. The van der Waals surface area contributed by atoms with Crippen LogP contribution < -0.4 is 0 Å². The van der Waals surface area contributed by atoms with Crippen molar-refractivity contribution in [1.29, 1.82) is 0 Å². The molecule has 1 amide bonds. The highest BCUT2D eigenvalue weighted by molar-refractivity contribution is 7.09. The van der Waals surface area contributed by atoms with E-state index < -0.39 is 0 Å². The van der Waals surface area contributed by atoms with Gasteiger partial charge in [0, 0.05) is 49.3 Å². The lowest BCUT2D eigenvalue weighted by Crippen LogP contribution is -2.39. The second kappa shape index (κ2) is 6.71. The Labute approximate surface area is 146 Å². The summed E-state index contributed by atoms with van der Waals surface area (Å²) < 4.78 is 5.92. The maximum Gasteiger partial charge on any atom is 0.223 e. The number of hydrogen-bond acceptors (Lipinski definition) is 4. The number of piperidine rings is 1. The molecule has 0 aromatic carbocycles. The third kappa shape index (κ3) is 3.41. The van der Waals surface area contributed by atoms with Gasteiger partial charge in [-0.05, 0) is 37.3 Å². The number of likely N-dealkylation sites (tertiary alicyclic amines) is 1. The molecule has 3 atom stereocenters. The summed E-state index contributed by atoms with van der Waals surface area (Å²) in [6.07, 6.45) is 6.54. The smallest absolute Gasteiger partial charge is 0.223 e. The Morgan fingerprint density at radius 1 is 1.46 bits per heavy atom. The highest BCUT2D eigenvalue weighted by atomic mass is 32.1. The number of rotatable bonds is 5. The Hall–Kier alpha value is -1.62. The Bertz CT molecular complexity index is 694. The molecule has 128 valence electrons. The summed E-state index contributed by atoms with van der Waals surface area (Å²) in [4.78, 5) is 19.0. The fourth-order valence-electron chi connectivity index (χ4n) is 3.68. The molecule has 2 fully saturated rings. The van der Waals surface area contributed by atoms with Crippen LogP contribution in [0.15, 0.2) is 28.1 Å². The first-order valence-corrected chi connectivity index (χ1v) is 9.84. The molecule has 5 heteroatoms. The SMILES string of the molecule is C[C@@H]1C[C@H]1c1ccc(CCC(=O)N2CCC[C@@H](c3nccs3)C2)o1. The van der Waals surface area contributed by atoms with E-state index >= 15 is 0 Å². The molecular formula is C19H24N2O2S. The van der Waals surface area contributed by atoms with Crippen LogP contribution in [-0.4, -0.2) is 28.9 Å². The van der Waals surface area contributed by atoms with Crippen LogP contribution in [0.3, 0.4) is 0 Å². The zero-order valence-electron chi connectivity index (χ0n) is 14.1. The number of amides is 1. The largest absolute Gasteiger partial charge is 0.466 e. The van der Waals surface area contributed by atoms with Crippen LogP contribution >= 0.6 is 11.3 Å². The minimum absolute atomic E-state index is 0.244. The van der Waals surface area contributed by atoms with Crippen LogP contribution in [0.1, 0.15) is 61.0 Å². The molecule has 4 nitrogen and oxygen atoms in total. The predicted molar refractivity (Wildman–Crippen MR) is 94.2 cm³/mol. The summed E-state index contributed by atoms with van der Waals surface area (Å²) >= 11 is 1.70. The van der Waals surface area contributed by atoms with Crippen molar-refractivity contribution in [3.8, 4) is 0 Å². The Kier molecular flexibility index (Phi) is 4.44. The van der Waals surface area contributed by atoms with Crippen molar-refractivity contribution in [2.75, 3.05) is 13.1 Å². The highest BCUT2D eigenvalue weighted by Gasteiger charge is 2.36. The Morgan fingerprint density at radius 2 is 2.33 bits per heavy atom. The van der Waals surface area contributed by atoms with E-state index in [9.17, 15) is 4.79 Å². The average molecular weight is 344 g/mol. The van der Waals surface area contributed by atoms with Crippen LogP contribution in [-0.2, 0) is 11.2 Å². The van der Waals surface area contributed by atoms with E-state index in [1.54, 1.807) is 11.3 Å². The first-order chi connectivity index (χ1) is 11.7. The molecule has 2 aliphatic rings. The van der Waals surface area contributed by atoms with Gasteiger partial charge in [0.25, 0.3) is 0 Å². The van der Waals surface area contributed by atoms with Crippen LogP contribution in [0.2, 0.25) is 0 Å². The lowest BCUT2D eigenvalue weighted by Gasteiger charge is -2.31. The summed E-state index contributed by atoms with van der Waals surface area (Å²) in [6, 6.07) is 4.13. The number of hydrogen-bond donors (Lipinski definition) is 0. The fraction of sp³-hybridized carbons (Fsp3) is 0.579. The minimum atomic E-state index is 0.244. The average Bonchev–Trinajstić information content (AvgIpc) is 3.04. The minimum Gasteiger partial charge on any atom is -0.466 e. The van der Waals surface area contributed by atoms with Crippen molar-refractivity contribution in [2.24, 2.45) is 5.92 Å². The quantitative estimate of drug-likeness (QED) is 0.817. The van der Waals surface area contributed by atoms with E-state index in [4.69, 9.17) is 4.42 Å². The van der Waals surface area contributed by atoms with Crippen molar-refractivity contribution in [3.05, 3.63) is 40.2 Å². The number of thiazole rings is 1. The van der Waals surface area contributed by atoms with Crippen molar-refractivity contribution in [2.45, 2.75) is 50.9 Å². The molecule has 1 saturated heterocycles. The number of aromatic nitrogens is 1. The van der Waals surface area contributed by atoms with E-state index in [1.807, 2.05) is 22.5 Å². The number of carbonyl (C=O) groups is 1. The Balaban J connectivity index is 1.30. The zero-order valence-corrected chi connectivity index (χ0v) is 14.9. The lowest BCUT2D eigenvalue weighted by atomic mass is 9.98. The third-order valence-electron chi connectivity index (χ3n) is 5.32. The van der Waals surface area contributed by atoms with Gasteiger partial charge >= 0.3 is 0 Å². The van der Waals surface area contributed by atoms with Crippen molar-refractivity contribution < 1.29 is 9.21 Å². The van der Waals surface area contributed by atoms with Crippen molar-refractivity contribution >= 4 is 17.2 Å². The van der Waals surface area contributed by atoms with Gasteiger partial charge < -0.3 is 9.32 Å². The van der Waals surface area contributed by atoms with Gasteiger partial charge in [0.2, 0.25) is 5.91 Å². The van der Waals surface area contributed by atoms with Gasteiger partial charge in [-0.15, -0.1) is 11.3 Å². The molecule has 0 bridgehead atoms. The van der Waals surface area contributed by atoms with Gasteiger partial charge in [0.05, 0.1) is 5.01 Å². The van der Waals surface area contributed by atoms with Crippen LogP contribution in [0.5, 0.6) is 0 Å². The third-order valence-corrected chi connectivity index (χ3v) is 6.26. The number of nitrogens with zero attached hydrogens (tertiary/aromatic N) is 2. The number of carbonyl (C=O) groups excluding carboxylic acids is 1. The molecule has 0 radical (unpaired) electrons. The molecule has 3 heterocycles. The second-order valence-electron chi connectivity index (χ2n) is 7.17. The molecule has 2 aromatic rings. The maximum atomic E-state index is 12.6. The van der Waals surface area contributed by atoms with E-state index in [0.717, 1.165) is 43.4 Å². The maximum absolute atomic E-state index is 12.6. The molecule has 0 spiro atoms. The number of furan rings is 1. The molecule has 4 rings (SSSR count). The molecule has 1 aliphatic heterocycles. The van der Waals surface area contributed by atoms with Crippen molar-refractivity contribution in [3.63, 3.8) is 0 Å². The van der Waals surface area contributed by atoms with Gasteiger partial charge in [-0.3, -0.25) is 4.79 Å². The normalized spacial score (nSPS) is 26.5. The molecule has 0 unspecified atom stereocenters. The predicted octanol–water partition coefficient (Wildman–Crippen LogP) is 4.20. The van der Waals surface area contributed by atoms with Gasteiger partial charge in [0.15, 0.2) is 0 Å². The zero-order chi connectivity index (χ0) is 16.5. The highest BCUT2D eigenvalue weighted by Crippen LogP contribution is 2.47. The molecule has 2 aromatic heterocycles. The van der Waals surface area contributed by atoms with E-state index in [1.165, 1.54) is 11.4 Å². The molecular weight excluding hydrogens is 320 g/mol.